The van der Waals surface area contributed by atoms with E-state index in [1.165, 1.54) is 62.5 Å². The van der Waals surface area contributed by atoms with Crippen molar-refractivity contribution in [2.45, 2.75) is 179 Å². The van der Waals surface area contributed by atoms with E-state index in [9.17, 15) is 29.4 Å². The summed E-state index contributed by atoms with van der Waals surface area (Å²) in [5, 5.41) is 20.1. The van der Waals surface area contributed by atoms with Crippen molar-refractivity contribution in [2.24, 2.45) is 0 Å². The number of carbonyl (C=O) groups excluding carboxylic acids is 4. The number of cyclic esters (lactones) is 2. The SMILES string of the molecule is CCCCCC[C@@H](O)C/C=C/CC[C@@H](OC)C(=O)N1C(=O)OC[C@H]1Cc1ccccc1.CCCCCC[C@@H](O)CCCCC[C@@H](OC)C(=O)N1C(=O)OC[C@H]1Cc1ccccc1. The van der Waals surface area contributed by atoms with Crippen molar-refractivity contribution in [2.75, 3.05) is 27.4 Å². The average Bonchev–Trinajstić information content (AvgIpc) is 3.83. The third kappa shape index (κ3) is 19.1. The Morgan fingerprint density at radius 3 is 1.48 bits per heavy atom. The van der Waals surface area contributed by atoms with Crippen LogP contribution in [0.4, 0.5) is 9.59 Å². The van der Waals surface area contributed by atoms with Crippen LogP contribution < -0.4 is 0 Å². The molecular formula is C50H76N2O10. The zero-order valence-corrected chi connectivity index (χ0v) is 38.0. The zero-order chi connectivity index (χ0) is 45.0. The molecule has 2 fully saturated rings. The largest absolute Gasteiger partial charge is 0.447 e. The van der Waals surface area contributed by atoms with Gasteiger partial charge in [0.2, 0.25) is 0 Å². The van der Waals surface area contributed by atoms with Crippen molar-refractivity contribution in [3.63, 3.8) is 0 Å². The quantitative estimate of drug-likeness (QED) is 0.0598. The molecule has 2 aliphatic heterocycles. The van der Waals surface area contributed by atoms with Crippen molar-refractivity contribution in [1.29, 1.82) is 0 Å². The Bertz CT molecular complexity index is 1570. The maximum absolute atomic E-state index is 13.0. The highest BCUT2D eigenvalue weighted by Crippen LogP contribution is 2.23. The van der Waals surface area contributed by atoms with Gasteiger partial charge in [-0.3, -0.25) is 9.59 Å². The first-order valence-electron chi connectivity index (χ1n) is 23.3. The molecule has 2 N–H and O–H groups in total. The molecule has 0 saturated carbocycles. The van der Waals surface area contributed by atoms with Gasteiger partial charge in [-0.25, -0.2) is 19.4 Å². The van der Waals surface area contributed by atoms with E-state index in [0.29, 0.717) is 38.5 Å². The van der Waals surface area contributed by atoms with E-state index in [-0.39, 0.29) is 49.3 Å². The lowest BCUT2D eigenvalue weighted by molar-refractivity contribution is -0.141. The van der Waals surface area contributed by atoms with Gasteiger partial charge in [-0.15, -0.1) is 0 Å². The standard InChI is InChI=1S/C25H39NO5.C25H37NO5/c2*1-3-4-5-10-15-22(27)16-11-7-12-17-23(30-2)24(28)26-21(19-31-25(26)29)18-20-13-8-6-9-14-20/h6,8-9,13-14,21-23,27H,3-5,7,10-12,15-19H2,1-2H3;6-9,11,13-14,21-23,27H,3-5,10,12,15-19H2,1-2H3/b;11-7+/t2*21-,22-,23-/m11/s1. The van der Waals surface area contributed by atoms with Crippen LogP contribution in [0.15, 0.2) is 72.8 Å². The lowest BCUT2D eigenvalue weighted by Crippen LogP contribution is -2.46. The molecule has 0 radical (unpaired) electrons. The number of nitrogens with zero attached hydrogens (tertiary/aromatic N) is 2. The second-order valence-corrected chi connectivity index (χ2v) is 16.6. The Labute approximate surface area is 371 Å². The van der Waals surface area contributed by atoms with Crippen LogP contribution in [-0.4, -0.2) is 108 Å². The van der Waals surface area contributed by atoms with Crippen LogP contribution in [0.2, 0.25) is 0 Å². The number of unbranched alkanes of at least 4 members (excludes halogenated alkanes) is 8. The van der Waals surface area contributed by atoms with Crippen molar-refractivity contribution in [3.8, 4) is 0 Å². The van der Waals surface area contributed by atoms with Gasteiger partial charge in [0.1, 0.15) is 25.4 Å². The van der Waals surface area contributed by atoms with E-state index in [1.807, 2.05) is 72.8 Å². The molecule has 0 aromatic heterocycles. The monoisotopic (exact) mass is 865 g/mol. The maximum atomic E-state index is 13.0. The van der Waals surface area contributed by atoms with Crippen LogP contribution >= 0.6 is 0 Å². The molecule has 4 amide bonds. The molecule has 0 spiro atoms. The maximum Gasteiger partial charge on any atom is 0.417 e. The Balaban J connectivity index is 0.000000330. The minimum absolute atomic E-state index is 0.200. The Hall–Kier alpha value is -4.10. The van der Waals surface area contributed by atoms with Crippen molar-refractivity contribution < 1.29 is 48.3 Å². The van der Waals surface area contributed by atoms with E-state index in [0.717, 1.165) is 62.5 Å². The molecule has 0 aliphatic carbocycles. The predicted octanol–water partition coefficient (Wildman–Crippen LogP) is 9.52. The number of ether oxygens (including phenoxy) is 4. The fourth-order valence-corrected chi connectivity index (χ4v) is 7.91. The number of methoxy groups -OCH3 is 2. The number of aliphatic hydroxyl groups is 2. The van der Waals surface area contributed by atoms with Crippen LogP contribution in [0.25, 0.3) is 0 Å². The van der Waals surface area contributed by atoms with Crippen molar-refractivity contribution >= 4 is 24.0 Å². The van der Waals surface area contributed by atoms with Crippen molar-refractivity contribution in [1.82, 2.24) is 9.80 Å². The summed E-state index contributed by atoms with van der Waals surface area (Å²) in [6.45, 7) is 4.77. The highest BCUT2D eigenvalue weighted by Gasteiger charge is 2.42. The number of aliphatic hydroxyl groups excluding tert-OH is 2. The third-order valence-corrected chi connectivity index (χ3v) is 11.6. The highest BCUT2D eigenvalue weighted by atomic mass is 16.6. The highest BCUT2D eigenvalue weighted by molar-refractivity contribution is 5.96. The first-order valence-corrected chi connectivity index (χ1v) is 23.3. The molecule has 2 saturated heterocycles. The number of rotatable bonds is 29. The fraction of sp³-hybridized carbons (Fsp3) is 0.640. The van der Waals surface area contributed by atoms with Crippen LogP contribution in [0.5, 0.6) is 0 Å². The third-order valence-electron chi connectivity index (χ3n) is 11.6. The number of carbonyl (C=O) groups is 4. The van der Waals surface area contributed by atoms with Gasteiger partial charge < -0.3 is 29.2 Å². The first-order chi connectivity index (χ1) is 30.1. The van der Waals surface area contributed by atoms with Gasteiger partial charge in [0, 0.05) is 14.2 Å². The molecule has 2 aliphatic rings. The second-order valence-electron chi connectivity index (χ2n) is 16.6. The molecule has 12 heteroatoms. The van der Waals surface area contributed by atoms with Gasteiger partial charge in [0.05, 0.1) is 24.3 Å². The number of hydrogen-bond donors (Lipinski definition) is 2. The Kier molecular flexibility index (Phi) is 26.0. The van der Waals surface area contributed by atoms with Crippen LogP contribution in [-0.2, 0) is 41.4 Å². The van der Waals surface area contributed by atoms with Gasteiger partial charge in [-0.1, -0.05) is 157 Å². The van der Waals surface area contributed by atoms with Gasteiger partial charge in [0.25, 0.3) is 11.8 Å². The molecule has 4 rings (SSSR count). The van der Waals surface area contributed by atoms with E-state index >= 15 is 0 Å². The fourth-order valence-electron chi connectivity index (χ4n) is 7.91. The summed E-state index contributed by atoms with van der Waals surface area (Å²) in [6, 6.07) is 18.9. The number of allylic oxidation sites excluding steroid dienone is 1. The van der Waals surface area contributed by atoms with Crippen molar-refractivity contribution in [3.05, 3.63) is 83.9 Å². The van der Waals surface area contributed by atoms with E-state index in [4.69, 9.17) is 18.9 Å². The minimum Gasteiger partial charge on any atom is -0.447 e. The van der Waals surface area contributed by atoms with Crippen LogP contribution in [0, 0.1) is 0 Å². The number of imide groups is 2. The summed E-state index contributed by atoms with van der Waals surface area (Å²) in [7, 11) is 3.00. The van der Waals surface area contributed by atoms with Gasteiger partial charge in [-0.2, -0.15) is 0 Å². The first kappa shape index (κ1) is 52.2. The Morgan fingerprint density at radius 1 is 0.613 bits per heavy atom. The summed E-state index contributed by atoms with van der Waals surface area (Å²) in [4.78, 5) is 52.8. The molecular weight excluding hydrogens is 789 g/mol. The summed E-state index contributed by atoms with van der Waals surface area (Å²) in [6.07, 6.45) is 18.8. The molecule has 2 aromatic rings. The van der Waals surface area contributed by atoms with E-state index in [2.05, 4.69) is 13.8 Å². The summed E-state index contributed by atoms with van der Waals surface area (Å²) in [5.41, 5.74) is 2.11. The van der Waals surface area contributed by atoms with Crippen LogP contribution in [0.1, 0.15) is 141 Å². The zero-order valence-electron chi connectivity index (χ0n) is 38.0. The van der Waals surface area contributed by atoms with E-state index < -0.39 is 24.4 Å². The molecule has 2 aromatic carbocycles. The van der Waals surface area contributed by atoms with Crippen LogP contribution in [0.3, 0.4) is 0 Å². The van der Waals surface area contributed by atoms with E-state index in [1.54, 1.807) is 0 Å². The summed E-state index contributed by atoms with van der Waals surface area (Å²) >= 11 is 0. The number of benzene rings is 2. The lowest BCUT2D eigenvalue weighted by Gasteiger charge is -2.24. The molecule has 346 valence electrons. The predicted molar refractivity (Wildman–Crippen MR) is 241 cm³/mol. The molecule has 12 nitrogen and oxygen atoms in total. The Morgan fingerprint density at radius 2 is 1.03 bits per heavy atom. The second kappa shape index (κ2) is 30.9. The lowest BCUT2D eigenvalue weighted by atomic mass is 10.0. The molecule has 62 heavy (non-hydrogen) atoms. The topological polar surface area (TPSA) is 152 Å². The minimum atomic E-state index is -0.701. The summed E-state index contributed by atoms with van der Waals surface area (Å²) < 4.78 is 21.1. The summed E-state index contributed by atoms with van der Waals surface area (Å²) in [5.74, 6) is -0.669. The smallest absolute Gasteiger partial charge is 0.417 e. The van der Waals surface area contributed by atoms with Gasteiger partial charge in [0.15, 0.2) is 0 Å². The molecule has 0 bridgehead atoms. The van der Waals surface area contributed by atoms with Gasteiger partial charge >= 0.3 is 12.2 Å². The number of hydrogen-bond acceptors (Lipinski definition) is 10. The molecule has 2 heterocycles. The van der Waals surface area contributed by atoms with Gasteiger partial charge in [-0.05, 0) is 68.9 Å². The normalized spacial score (nSPS) is 18.2. The molecule has 6 atom stereocenters. The average molecular weight is 865 g/mol. The molecule has 0 unspecified atom stereocenters. The number of amides is 4.